The van der Waals surface area contributed by atoms with E-state index in [0.717, 1.165) is 29.2 Å². The van der Waals surface area contributed by atoms with E-state index in [4.69, 9.17) is 0 Å². The summed E-state index contributed by atoms with van der Waals surface area (Å²) in [6, 6.07) is 1.92. The molecular weight excluding hydrogens is 310 g/mol. The van der Waals surface area contributed by atoms with Gasteiger partial charge in [0.25, 0.3) is 0 Å². The highest BCUT2D eigenvalue weighted by Gasteiger charge is 2.10. The molecule has 0 unspecified atom stereocenters. The van der Waals surface area contributed by atoms with E-state index in [2.05, 4.69) is 20.4 Å². The number of aryl methyl sites for hydroxylation is 4. The van der Waals surface area contributed by atoms with Crippen LogP contribution in [-0.4, -0.2) is 38.0 Å². The Kier molecular flexibility index (Phi) is 5.76. The van der Waals surface area contributed by atoms with Crippen LogP contribution in [0.2, 0.25) is 0 Å². The summed E-state index contributed by atoms with van der Waals surface area (Å²) in [6.07, 6.45) is 0.794. The largest absolute Gasteiger partial charge is 0.355 e. The molecule has 0 aromatic carbocycles. The van der Waals surface area contributed by atoms with E-state index in [1.807, 2.05) is 45.5 Å². The minimum Gasteiger partial charge on any atom is -0.355 e. The van der Waals surface area contributed by atoms with E-state index in [1.54, 1.807) is 0 Å². The summed E-state index contributed by atoms with van der Waals surface area (Å²) in [5, 5.41) is 7.98. The summed E-state index contributed by atoms with van der Waals surface area (Å²) in [6.45, 7) is 8.51. The molecule has 2 heterocycles. The number of hydrogen-bond acceptors (Lipinski definition) is 5. The smallest absolute Gasteiger partial charge is 0.230 e. The maximum absolute atomic E-state index is 11.9. The summed E-state index contributed by atoms with van der Waals surface area (Å²) >= 11 is 1.36. The second-order valence-electron chi connectivity index (χ2n) is 5.59. The van der Waals surface area contributed by atoms with Crippen LogP contribution in [0.5, 0.6) is 0 Å². The first kappa shape index (κ1) is 17.5. The van der Waals surface area contributed by atoms with Gasteiger partial charge in [0.05, 0.1) is 11.4 Å². The van der Waals surface area contributed by atoms with Crippen LogP contribution < -0.4 is 5.32 Å². The number of amides is 1. The van der Waals surface area contributed by atoms with Crippen LogP contribution in [0.4, 0.5) is 0 Å². The lowest BCUT2D eigenvalue weighted by Gasteiger charge is -2.06. The molecule has 0 atom stereocenters. The maximum Gasteiger partial charge on any atom is 0.230 e. The normalized spacial score (nSPS) is 10.8. The van der Waals surface area contributed by atoms with Gasteiger partial charge in [0, 0.05) is 30.7 Å². The molecule has 0 fully saturated rings. The number of thioether (sulfide) groups is 1. The number of nitrogens with zero attached hydrogens (tertiary/aromatic N) is 4. The average Bonchev–Trinajstić information content (AvgIpc) is 2.70. The zero-order chi connectivity index (χ0) is 17.0. The van der Waals surface area contributed by atoms with E-state index >= 15 is 0 Å². The molecule has 0 spiro atoms. The third kappa shape index (κ3) is 4.79. The Balaban J connectivity index is 1.79. The Morgan fingerprint density at radius 3 is 2.43 bits per heavy atom. The van der Waals surface area contributed by atoms with Crippen LogP contribution in [0.3, 0.4) is 0 Å². The van der Waals surface area contributed by atoms with E-state index < -0.39 is 0 Å². The van der Waals surface area contributed by atoms with Crippen molar-refractivity contribution < 1.29 is 4.79 Å². The molecule has 1 N–H and O–H groups in total. The zero-order valence-corrected chi connectivity index (χ0v) is 15.1. The quantitative estimate of drug-likeness (QED) is 0.646. The van der Waals surface area contributed by atoms with Crippen LogP contribution >= 0.6 is 11.8 Å². The summed E-state index contributed by atoms with van der Waals surface area (Å²) < 4.78 is 1.87. The third-order valence-electron chi connectivity index (χ3n) is 3.65. The summed E-state index contributed by atoms with van der Waals surface area (Å²) in [5.74, 6) is 0.324. The van der Waals surface area contributed by atoms with Crippen molar-refractivity contribution in [3.63, 3.8) is 0 Å². The summed E-state index contributed by atoms with van der Waals surface area (Å²) in [4.78, 5) is 20.6. The first-order valence-electron chi connectivity index (χ1n) is 7.57. The van der Waals surface area contributed by atoms with Crippen molar-refractivity contribution in [1.82, 2.24) is 25.1 Å². The van der Waals surface area contributed by atoms with Crippen molar-refractivity contribution in [2.24, 2.45) is 7.05 Å². The fourth-order valence-electron chi connectivity index (χ4n) is 2.45. The third-order valence-corrected chi connectivity index (χ3v) is 4.50. The van der Waals surface area contributed by atoms with Crippen LogP contribution in [0.25, 0.3) is 0 Å². The Morgan fingerprint density at radius 2 is 1.87 bits per heavy atom. The highest BCUT2D eigenvalue weighted by atomic mass is 32.2. The highest BCUT2D eigenvalue weighted by molar-refractivity contribution is 7.99. The van der Waals surface area contributed by atoms with Gasteiger partial charge in [-0.1, -0.05) is 11.8 Å². The summed E-state index contributed by atoms with van der Waals surface area (Å²) in [7, 11) is 1.94. The monoisotopic (exact) mass is 333 g/mol. The fourth-order valence-corrected chi connectivity index (χ4v) is 3.22. The zero-order valence-electron chi connectivity index (χ0n) is 14.3. The molecule has 7 heteroatoms. The number of nitrogens with one attached hydrogen (secondary N) is 1. The Labute approximate surface area is 141 Å². The lowest BCUT2D eigenvalue weighted by molar-refractivity contribution is -0.118. The van der Waals surface area contributed by atoms with Crippen molar-refractivity contribution in [2.75, 3.05) is 12.3 Å². The predicted octanol–water partition coefficient (Wildman–Crippen LogP) is 1.89. The number of hydrogen-bond donors (Lipinski definition) is 1. The molecular formula is C16H23N5OS. The lowest BCUT2D eigenvalue weighted by Crippen LogP contribution is -2.27. The van der Waals surface area contributed by atoms with Gasteiger partial charge in [0.15, 0.2) is 5.16 Å². The molecule has 0 radical (unpaired) electrons. The first-order valence-corrected chi connectivity index (χ1v) is 8.56. The number of rotatable bonds is 6. The molecule has 6 nitrogen and oxygen atoms in total. The van der Waals surface area contributed by atoms with Crippen molar-refractivity contribution >= 4 is 17.7 Å². The molecule has 0 saturated heterocycles. The molecule has 0 aliphatic heterocycles. The Hall–Kier alpha value is -1.89. The van der Waals surface area contributed by atoms with Crippen molar-refractivity contribution in [2.45, 2.75) is 39.3 Å². The van der Waals surface area contributed by atoms with E-state index in [-0.39, 0.29) is 5.91 Å². The molecule has 0 bridgehead atoms. The second kappa shape index (κ2) is 7.59. The van der Waals surface area contributed by atoms with Crippen LogP contribution in [-0.2, 0) is 18.3 Å². The minimum atomic E-state index is -0.00282. The van der Waals surface area contributed by atoms with Gasteiger partial charge >= 0.3 is 0 Å². The van der Waals surface area contributed by atoms with Gasteiger partial charge in [-0.2, -0.15) is 5.10 Å². The van der Waals surface area contributed by atoms with Crippen LogP contribution in [0.1, 0.15) is 28.3 Å². The van der Waals surface area contributed by atoms with Crippen molar-refractivity contribution in [1.29, 1.82) is 0 Å². The lowest BCUT2D eigenvalue weighted by atomic mass is 10.1. The molecule has 0 saturated carbocycles. The maximum atomic E-state index is 11.9. The van der Waals surface area contributed by atoms with E-state index in [1.165, 1.54) is 17.3 Å². The Bertz CT molecular complexity index is 690. The highest BCUT2D eigenvalue weighted by Crippen LogP contribution is 2.14. The fraction of sp³-hybridized carbons (Fsp3) is 0.500. The van der Waals surface area contributed by atoms with E-state index in [9.17, 15) is 4.79 Å². The van der Waals surface area contributed by atoms with Crippen molar-refractivity contribution in [3.05, 3.63) is 34.4 Å². The molecule has 2 aromatic heterocycles. The topological polar surface area (TPSA) is 72.7 Å². The molecule has 23 heavy (non-hydrogen) atoms. The van der Waals surface area contributed by atoms with E-state index in [0.29, 0.717) is 17.5 Å². The molecule has 0 aliphatic carbocycles. The molecule has 124 valence electrons. The number of carbonyl (C=O) groups is 1. The average molecular weight is 333 g/mol. The Morgan fingerprint density at radius 1 is 1.22 bits per heavy atom. The summed E-state index contributed by atoms with van der Waals surface area (Å²) in [5.41, 5.74) is 5.22. The number of aromatic nitrogens is 4. The van der Waals surface area contributed by atoms with Crippen LogP contribution in [0, 0.1) is 27.7 Å². The first-order chi connectivity index (χ1) is 10.9. The standard InChI is InChI=1S/C16H23N5OS/c1-10-8-11(2)19-16(18-10)23-9-15(22)17-7-6-14-12(3)20-21(5)13(14)4/h8H,6-7,9H2,1-5H3,(H,17,22). The second-order valence-corrected chi connectivity index (χ2v) is 6.54. The molecule has 2 rings (SSSR count). The predicted molar refractivity (Wildman–Crippen MR) is 91.6 cm³/mol. The van der Waals surface area contributed by atoms with Gasteiger partial charge in [-0.3, -0.25) is 9.48 Å². The molecule has 1 amide bonds. The van der Waals surface area contributed by atoms with Gasteiger partial charge < -0.3 is 5.32 Å². The minimum absolute atomic E-state index is 0.00282. The molecule has 0 aliphatic rings. The van der Waals surface area contributed by atoms with Crippen molar-refractivity contribution in [3.8, 4) is 0 Å². The van der Waals surface area contributed by atoms with Gasteiger partial charge in [0.1, 0.15) is 0 Å². The van der Waals surface area contributed by atoms with Gasteiger partial charge in [-0.25, -0.2) is 9.97 Å². The SMILES string of the molecule is Cc1cc(C)nc(SCC(=O)NCCc2c(C)nn(C)c2C)n1. The van der Waals surface area contributed by atoms with Gasteiger partial charge in [0.2, 0.25) is 5.91 Å². The van der Waals surface area contributed by atoms with Gasteiger partial charge in [-0.15, -0.1) is 0 Å². The van der Waals surface area contributed by atoms with Crippen LogP contribution in [0.15, 0.2) is 11.2 Å². The van der Waals surface area contributed by atoms with Gasteiger partial charge in [-0.05, 0) is 45.7 Å². The molecule has 2 aromatic rings. The number of carbonyl (C=O) groups excluding carboxylic acids is 1.